The summed E-state index contributed by atoms with van der Waals surface area (Å²) in [6.45, 7) is 5.64. The molecule has 0 aromatic carbocycles. The van der Waals surface area contributed by atoms with E-state index in [0.29, 0.717) is 6.04 Å². The molecule has 1 fully saturated rings. The van der Waals surface area contributed by atoms with Crippen LogP contribution in [0.1, 0.15) is 19.4 Å². The van der Waals surface area contributed by atoms with Crippen LogP contribution < -0.4 is 4.90 Å². The van der Waals surface area contributed by atoms with Gasteiger partial charge in [-0.25, -0.2) is 9.97 Å². The molecule has 2 aromatic heterocycles. The van der Waals surface area contributed by atoms with Crippen molar-refractivity contribution in [3.8, 4) is 11.4 Å². The van der Waals surface area contributed by atoms with Crippen molar-refractivity contribution in [2.24, 2.45) is 0 Å². The zero-order valence-corrected chi connectivity index (χ0v) is 13.0. The molecule has 1 saturated heterocycles. The Morgan fingerprint density at radius 1 is 1.29 bits per heavy atom. The third kappa shape index (κ3) is 2.78. The molecule has 0 saturated carbocycles. The third-order valence-corrected chi connectivity index (χ3v) is 4.22. The molecule has 0 amide bonds. The van der Waals surface area contributed by atoms with Crippen LogP contribution in [-0.4, -0.2) is 53.2 Å². The van der Waals surface area contributed by atoms with Gasteiger partial charge in [0.2, 0.25) is 0 Å². The van der Waals surface area contributed by atoms with Crippen LogP contribution in [-0.2, 0) is 0 Å². The van der Waals surface area contributed by atoms with Gasteiger partial charge >= 0.3 is 0 Å². The van der Waals surface area contributed by atoms with Crippen molar-refractivity contribution in [3.05, 3.63) is 30.7 Å². The molecular weight excluding hydrogens is 262 g/mol. The van der Waals surface area contributed by atoms with E-state index in [1.807, 2.05) is 37.5 Å². The minimum Gasteiger partial charge on any atom is -0.363 e. The average Bonchev–Trinajstić information content (AvgIpc) is 3.15. The number of hydrogen-bond acceptors (Lipinski definition) is 4. The molecule has 3 heterocycles. The quantitative estimate of drug-likeness (QED) is 0.863. The highest BCUT2D eigenvalue weighted by molar-refractivity contribution is 5.57. The van der Waals surface area contributed by atoms with E-state index >= 15 is 0 Å². The maximum atomic E-state index is 4.55. The Hall–Kier alpha value is -1.88. The number of imidazole rings is 1. The van der Waals surface area contributed by atoms with Gasteiger partial charge in [-0.2, -0.15) is 0 Å². The van der Waals surface area contributed by atoms with Gasteiger partial charge in [0.05, 0.1) is 0 Å². The summed E-state index contributed by atoms with van der Waals surface area (Å²) in [7, 11) is 4.00. The molecule has 5 nitrogen and oxygen atoms in total. The maximum absolute atomic E-state index is 4.55. The smallest absolute Gasteiger partial charge is 0.141 e. The Morgan fingerprint density at radius 2 is 2.14 bits per heavy atom. The van der Waals surface area contributed by atoms with E-state index in [1.54, 1.807) is 0 Å². The fourth-order valence-corrected chi connectivity index (χ4v) is 2.94. The Kier molecular flexibility index (Phi) is 3.92. The molecule has 0 bridgehead atoms. The van der Waals surface area contributed by atoms with E-state index in [4.69, 9.17) is 0 Å². The summed E-state index contributed by atoms with van der Waals surface area (Å²) < 4.78 is 2.31. The number of aromatic nitrogens is 3. The number of rotatable bonds is 4. The molecule has 1 atom stereocenters. The predicted molar refractivity (Wildman–Crippen MR) is 85.6 cm³/mol. The first-order chi connectivity index (χ1) is 10.2. The molecular formula is C16H23N5. The highest BCUT2D eigenvalue weighted by atomic mass is 15.2. The SMILES string of the molecule is CCN1CCC(n2ccnc2-c2ccc(N(C)C)nc2)C1. The van der Waals surface area contributed by atoms with Crippen LogP contribution in [0.4, 0.5) is 5.82 Å². The second kappa shape index (κ2) is 5.85. The summed E-state index contributed by atoms with van der Waals surface area (Å²) in [4.78, 5) is 13.5. The van der Waals surface area contributed by atoms with Crippen LogP contribution in [0.2, 0.25) is 0 Å². The van der Waals surface area contributed by atoms with E-state index in [1.165, 1.54) is 13.0 Å². The molecule has 0 N–H and O–H groups in total. The van der Waals surface area contributed by atoms with Gasteiger partial charge < -0.3 is 14.4 Å². The van der Waals surface area contributed by atoms with Gasteiger partial charge in [-0.05, 0) is 25.1 Å². The number of likely N-dealkylation sites (tertiary alicyclic amines) is 1. The molecule has 1 unspecified atom stereocenters. The van der Waals surface area contributed by atoms with Gasteiger partial charge in [-0.1, -0.05) is 6.92 Å². The maximum Gasteiger partial charge on any atom is 0.141 e. The first-order valence-corrected chi connectivity index (χ1v) is 7.58. The van der Waals surface area contributed by atoms with Crippen molar-refractivity contribution in [3.63, 3.8) is 0 Å². The third-order valence-electron chi connectivity index (χ3n) is 4.22. The van der Waals surface area contributed by atoms with Gasteiger partial charge in [0.1, 0.15) is 11.6 Å². The minimum absolute atomic E-state index is 0.524. The van der Waals surface area contributed by atoms with E-state index in [9.17, 15) is 0 Å². The minimum atomic E-state index is 0.524. The zero-order valence-electron chi connectivity index (χ0n) is 13.0. The summed E-state index contributed by atoms with van der Waals surface area (Å²) >= 11 is 0. The topological polar surface area (TPSA) is 37.2 Å². The molecule has 0 aliphatic carbocycles. The molecule has 0 spiro atoms. The Morgan fingerprint density at radius 3 is 2.76 bits per heavy atom. The normalized spacial score (nSPS) is 19.1. The van der Waals surface area contributed by atoms with Crippen LogP contribution in [0.3, 0.4) is 0 Å². The summed E-state index contributed by atoms with van der Waals surface area (Å²) in [5.74, 6) is 1.99. The number of likely N-dealkylation sites (N-methyl/N-ethyl adjacent to an activating group) is 1. The largest absolute Gasteiger partial charge is 0.363 e. The summed E-state index contributed by atoms with van der Waals surface area (Å²) in [5, 5.41) is 0. The molecule has 2 aromatic rings. The molecule has 112 valence electrons. The zero-order chi connectivity index (χ0) is 14.8. The van der Waals surface area contributed by atoms with Crippen LogP contribution in [0, 0.1) is 0 Å². The molecule has 0 radical (unpaired) electrons. The second-order valence-corrected chi connectivity index (χ2v) is 5.79. The highest BCUT2D eigenvalue weighted by Gasteiger charge is 2.24. The fourth-order valence-electron chi connectivity index (χ4n) is 2.94. The molecule has 1 aliphatic heterocycles. The van der Waals surface area contributed by atoms with E-state index < -0.39 is 0 Å². The lowest BCUT2D eigenvalue weighted by Crippen LogP contribution is -2.21. The van der Waals surface area contributed by atoms with E-state index in [-0.39, 0.29) is 0 Å². The average molecular weight is 285 g/mol. The standard InChI is InChI=1S/C16H23N5/c1-4-20-9-7-14(12-20)21-10-8-17-16(21)13-5-6-15(18-11-13)19(2)3/h5-6,8,10-11,14H,4,7,9,12H2,1-3H3. The lowest BCUT2D eigenvalue weighted by atomic mass is 10.2. The Bertz CT molecular complexity index is 587. The van der Waals surface area contributed by atoms with Gasteiger partial charge in [-0.3, -0.25) is 0 Å². The first-order valence-electron chi connectivity index (χ1n) is 7.58. The van der Waals surface area contributed by atoms with E-state index in [0.717, 1.165) is 30.3 Å². The Balaban J connectivity index is 1.85. The van der Waals surface area contributed by atoms with Crippen LogP contribution >= 0.6 is 0 Å². The van der Waals surface area contributed by atoms with Crippen LogP contribution in [0.25, 0.3) is 11.4 Å². The van der Waals surface area contributed by atoms with E-state index in [2.05, 4.69) is 38.6 Å². The predicted octanol–water partition coefficient (Wildman–Crippen LogP) is 2.28. The summed E-state index contributed by atoms with van der Waals surface area (Å²) in [6, 6.07) is 4.67. The summed E-state index contributed by atoms with van der Waals surface area (Å²) in [6.07, 6.45) is 7.10. The van der Waals surface area contributed by atoms with Gasteiger partial charge in [0.25, 0.3) is 0 Å². The highest BCUT2D eigenvalue weighted by Crippen LogP contribution is 2.27. The number of hydrogen-bond donors (Lipinski definition) is 0. The lowest BCUT2D eigenvalue weighted by Gasteiger charge is -2.17. The van der Waals surface area contributed by atoms with Crippen molar-refractivity contribution in [1.29, 1.82) is 0 Å². The van der Waals surface area contributed by atoms with Crippen molar-refractivity contribution >= 4 is 5.82 Å². The number of nitrogens with zero attached hydrogens (tertiary/aromatic N) is 5. The van der Waals surface area contributed by atoms with Gasteiger partial charge in [-0.15, -0.1) is 0 Å². The van der Waals surface area contributed by atoms with Crippen molar-refractivity contribution in [1.82, 2.24) is 19.4 Å². The number of pyridine rings is 1. The van der Waals surface area contributed by atoms with Gasteiger partial charge in [0.15, 0.2) is 0 Å². The molecule has 3 rings (SSSR count). The van der Waals surface area contributed by atoms with Gasteiger partial charge in [0, 0.05) is 57.4 Å². The molecule has 1 aliphatic rings. The van der Waals surface area contributed by atoms with Crippen molar-refractivity contribution in [2.45, 2.75) is 19.4 Å². The van der Waals surface area contributed by atoms with Crippen LogP contribution in [0.15, 0.2) is 30.7 Å². The van der Waals surface area contributed by atoms with Crippen molar-refractivity contribution < 1.29 is 0 Å². The second-order valence-electron chi connectivity index (χ2n) is 5.79. The van der Waals surface area contributed by atoms with Crippen LogP contribution in [0.5, 0.6) is 0 Å². The molecule has 5 heteroatoms. The number of anilines is 1. The fraction of sp³-hybridized carbons (Fsp3) is 0.500. The molecule has 21 heavy (non-hydrogen) atoms. The lowest BCUT2D eigenvalue weighted by molar-refractivity contribution is 0.342. The van der Waals surface area contributed by atoms with Crippen molar-refractivity contribution in [2.75, 3.05) is 38.6 Å². The Labute approximate surface area is 126 Å². The monoisotopic (exact) mass is 285 g/mol. The first kappa shape index (κ1) is 14.1. The summed E-state index contributed by atoms with van der Waals surface area (Å²) in [5.41, 5.74) is 1.08.